The first-order valence-corrected chi connectivity index (χ1v) is 5.16. The van der Waals surface area contributed by atoms with Crippen LogP contribution in [0.4, 0.5) is 10.1 Å². The summed E-state index contributed by atoms with van der Waals surface area (Å²) < 4.78 is 18.1. The van der Waals surface area contributed by atoms with Gasteiger partial charge in [-0.3, -0.25) is 4.79 Å². The highest BCUT2D eigenvalue weighted by Gasteiger charge is 2.59. The maximum absolute atomic E-state index is 13.4. The number of hydrogen-bond donors (Lipinski definition) is 1. The van der Waals surface area contributed by atoms with Crippen LogP contribution in [0.3, 0.4) is 0 Å². The number of nitrogens with two attached hydrogens (primary N) is 1. The quantitative estimate of drug-likeness (QED) is 0.615. The molecule has 0 bridgehead atoms. The summed E-state index contributed by atoms with van der Waals surface area (Å²) in [5, 5.41) is 0. The molecular formula is C12H14FNO2. The molecule has 4 heteroatoms. The highest BCUT2D eigenvalue weighted by molar-refractivity contribution is 5.87. The van der Waals surface area contributed by atoms with E-state index in [2.05, 4.69) is 0 Å². The molecule has 2 unspecified atom stereocenters. The molecule has 1 aliphatic rings. The van der Waals surface area contributed by atoms with Crippen molar-refractivity contribution in [2.75, 3.05) is 12.8 Å². The molecule has 16 heavy (non-hydrogen) atoms. The normalized spacial score (nSPS) is 27.6. The molecule has 3 nitrogen and oxygen atoms in total. The Morgan fingerprint density at radius 1 is 1.62 bits per heavy atom. The van der Waals surface area contributed by atoms with Crippen LogP contribution in [-0.4, -0.2) is 13.1 Å². The van der Waals surface area contributed by atoms with Gasteiger partial charge < -0.3 is 10.5 Å². The zero-order valence-electron chi connectivity index (χ0n) is 9.29. The lowest BCUT2D eigenvalue weighted by Crippen LogP contribution is -2.24. The largest absolute Gasteiger partial charge is 0.468 e. The number of carbonyl (C=O) groups excluding carboxylic acids is 1. The Kier molecular flexibility index (Phi) is 2.37. The lowest BCUT2D eigenvalue weighted by molar-refractivity contribution is -0.144. The Balaban J connectivity index is 2.43. The Bertz CT molecular complexity index is 447. The predicted molar refractivity (Wildman–Crippen MR) is 58.3 cm³/mol. The van der Waals surface area contributed by atoms with Gasteiger partial charge in [-0.2, -0.15) is 0 Å². The number of carbonyl (C=O) groups is 1. The number of ether oxygens (including phenoxy) is 1. The Labute approximate surface area is 93.4 Å². The second kappa shape index (κ2) is 3.47. The van der Waals surface area contributed by atoms with Crippen molar-refractivity contribution in [3.8, 4) is 0 Å². The first kappa shape index (κ1) is 10.9. The van der Waals surface area contributed by atoms with Crippen molar-refractivity contribution in [2.24, 2.45) is 5.92 Å². The number of anilines is 1. The molecule has 1 fully saturated rings. The molecule has 0 aliphatic heterocycles. The zero-order valence-corrected chi connectivity index (χ0v) is 9.29. The van der Waals surface area contributed by atoms with Crippen molar-refractivity contribution >= 4 is 11.7 Å². The maximum atomic E-state index is 13.4. The van der Waals surface area contributed by atoms with E-state index in [4.69, 9.17) is 10.5 Å². The molecular weight excluding hydrogens is 209 g/mol. The second-order valence-electron chi connectivity index (χ2n) is 4.30. The van der Waals surface area contributed by atoms with E-state index in [1.807, 2.05) is 6.92 Å². The summed E-state index contributed by atoms with van der Waals surface area (Å²) in [5.41, 5.74) is 5.49. The summed E-state index contributed by atoms with van der Waals surface area (Å²) >= 11 is 0. The molecule has 1 saturated carbocycles. The van der Waals surface area contributed by atoms with Crippen molar-refractivity contribution in [2.45, 2.75) is 18.8 Å². The van der Waals surface area contributed by atoms with Crippen molar-refractivity contribution < 1.29 is 13.9 Å². The molecule has 2 atom stereocenters. The molecule has 2 N–H and O–H groups in total. The Hall–Kier alpha value is -1.58. The Morgan fingerprint density at radius 3 is 2.69 bits per heavy atom. The zero-order chi connectivity index (χ0) is 11.9. The van der Waals surface area contributed by atoms with Gasteiger partial charge >= 0.3 is 5.97 Å². The fourth-order valence-electron chi connectivity index (χ4n) is 2.22. The van der Waals surface area contributed by atoms with E-state index < -0.39 is 11.2 Å². The molecule has 2 rings (SSSR count). The minimum absolute atomic E-state index is 0.0945. The van der Waals surface area contributed by atoms with E-state index in [1.54, 1.807) is 6.07 Å². The highest BCUT2D eigenvalue weighted by Crippen LogP contribution is 2.55. The Morgan fingerprint density at radius 2 is 2.25 bits per heavy atom. The summed E-state index contributed by atoms with van der Waals surface area (Å²) in [4.78, 5) is 11.7. The molecule has 0 radical (unpaired) electrons. The van der Waals surface area contributed by atoms with Gasteiger partial charge in [0, 0.05) is 0 Å². The van der Waals surface area contributed by atoms with Crippen LogP contribution in [0.25, 0.3) is 0 Å². The minimum Gasteiger partial charge on any atom is -0.468 e. The van der Waals surface area contributed by atoms with Gasteiger partial charge in [-0.15, -0.1) is 0 Å². The molecule has 0 heterocycles. The molecule has 1 aromatic carbocycles. The van der Waals surface area contributed by atoms with Gasteiger partial charge in [0.15, 0.2) is 0 Å². The third-order valence-corrected chi connectivity index (χ3v) is 3.37. The highest BCUT2D eigenvalue weighted by atomic mass is 19.1. The third kappa shape index (κ3) is 1.37. The van der Waals surface area contributed by atoms with Crippen LogP contribution < -0.4 is 5.73 Å². The molecule has 1 aromatic rings. The second-order valence-corrected chi connectivity index (χ2v) is 4.30. The lowest BCUT2D eigenvalue weighted by atomic mass is 9.93. The number of esters is 1. The van der Waals surface area contributed by atoms with Gasteiger partial charge in [0.1, 0.15) is 5.82 Å². The minimum atomic E-state index is -0.663. The lowest BCUT2D eigenvalue weighted by Gasteiger charge is -2.14. The van der Waals surface area contributed by atoms with E-state index in [1.165, 1.54) is 19.2 Å². The molecule has 0 aromatic heterocycles. The third-order valence-electron chi connectivity index (χ3n) is 3.37. The van der Waals surface area contributed by atoms with Crippen molar-refractivity contribution in [1.82, 2.24) is 0 Å². The van der Waals surface area contributed by atoms with Gasteiger partial charge in [-0.1, -0.05) is 13.0 Å². The van der Waals surface area contributed by atoms with Gasteiger partial charge in [0.25, 0.3) is 0 Å². The van der Waals surface area contributed by atoms with Crippen LogP contribution in [0.1, 0.15) is 18.9 Å². The predicted octanol–water partition coefficient (Wildman–Crippen LogP) is 1.86. The number of benzene rings is 1. The summed E-state index contributed by atoms with van der Waals surface area (Å²) in [6.07, 6.45) is 0.697. The summed E-state index contributed by atoms with van der Waals surface area (Å²) in [5.74, 6) is -0.605. The van der Waals surface area contributed by atoms with Gasteiger partial charge in [-0.05, 0) is 30.0 Å². The van der Waals surface area contributed by atoms with Gasteiger partial charge in [0.05, 0.1) is 18.2 Å². The van der Waals surface area contributed by atoms with Gasteiger partial charge in [0.2, 0.25) is 0 Å². The number of hydrogen-bond acceptors (Lipinski definition) is 3. The fraction of sp³-hybridized carbons (Fsp3) is 0.417. The molecule has 86 valence electrons. The number of rotatable bonds is 2. The van der Waals surface area contributed by atoms with E-state index in [9.17, 15) is 9.18 Å². The topological polar surface area (TPSA) is 52.3 Å². The van der Waals surface area contributed by atoms with Crippen molar-refractivity contribution in [3.05, 3.63) is 29.6 Å². The van der Waals surface area contributed by atoms with Crippen molar-refractivity contribution in [3.63, 3.8) is 0 Å². The van der Waals surface area contributed by atoms with E-state index in [0.717, 1.165) is 0 Å². The fourth-order valence-corrected chi connectivity index (χ4v) is 2.22. The molecule has 0 saturated heterocycles. The van der Waals surface area contributed by atoms with E-state index >= 15 is 0 Å². The van der Waals surface area contributed by atoms with Crippen LogP contribution in [0.2, 0.25) is 0 Å². The van der Waals surface area contributed by atoms with Gasteiger partial charge in [-0.25, -0.2) is 4.39 Å². The smallest absolute Gasteiger partial charge is 0.316 e. The van der Waals surface area contributed by atoms with Crippen LogP contribution in [0.5, 0.6) is 0 Å². The van der Waals surface area contributed by atoms with Crippen LogP contribution >= 0.6 is 0 Å². The van der Waals surface area contributed by atoms with Crippen LogP contribution in [0.15, 0.2) is 18.2 Å². The maximum Gasteiger partial charge on any atom is 0.316 e. The number of nitrogen functional groups attached to an aromatic ring is 1. The van der Waals surface area contributed by atoms with Crippen LogP contribution in [-0.2, 0) is 14.9 Å². The first-order valence-electron chi connectivity index (χ1n) is 5.16. The monoisotopic (exact) mass is 223 g/mol. The first-order chi connectivity index (χ1) is 7.52. The molecule has 0 spiro atoms. The average Bonchev–Trinajstić information content (AvgIpc) is 2.94. The number of halogens is 1. The summed E-state index contributed by atoms with van der Waals surface area (Å²) in [6, 6.07) is 4.51. The number of methoxy groups -OCH3 is 1. The standard InChI is InChI=1S/C12H14FNO2/c1-7-6-12(7,11(15)16-2)8-3-4-10(14)9(13)5-8/h3-5,7H,6,14H2,1-2H3. The van der Waals surface area contributed by atoms with E-state index in [0.29, 0.717) is 12.0 Å². The molecule has 1 aliphatic carbocycles. The van der Waals surface area contributed by atoms with E-state index in [-0.39, 0.29) is 17.6 Å². The molecule has 0 amide bonds. The average molecular weight is 223 g/mol. The SMILES string of the molecule is COC(=O)C1(c2ccc(N)c(F)c2)CC1C. The van der Waals surface area contributed by atoms with Crippen molar-refractivity contribution in [1.29, 1.82) is 0 Å². The summed E-state index contributed by atoms with van der Waals surface area (Å²) in [7, 11) is 1.35. The van der Waals surface area contributed by atoms with Crippen LogP contribution in [0, 0.1) is 11.7 Å². The summed E-state index contributed by atoms with van der Waals surface area (Å²) in [6.45, 7) is 1.95.